The molecule has 0 fully saturated rings. The molecule has 2 N–H and O–H groups in total. The molecule has 0 aliphatic carbocycles. The number of aromatic nitrogens is 2. The summed E-state index contributed by atoms with van der Waals surface area (Å²) in [6.45, 7) is 0. The number of hydrogen-bond acceptors (Lipinski definition) is 4. The van der Waals surface area contributed by atoms with Gasteiger partial charge in [0.05, 0.1) is 32.3 Å². The molecule has 0 aliphatic rings. The van der Waals surface area contributed by atoms with Gasteiger partial charge in [0.1, 0.15) is 11.5 Å². The molecule has 1 aromatic carbocycles. The lowest BCUT2D eigenvalue weighted by atomic mass is 10.0. The Morgan fingerprint density at radius 3 is 2.61 bits per heavy atom. The van der Waals surface area contributed by atoms with Gasteiger partial charge in [-0.2, -0.15) is 0 Å². The Hall–Kier alpha value is -2.01. The van der Waals surface area contributed by atoms with Crippen LogP contribution in [0.2, 0.25) is 0 Å². The van der Waals surface area contributed by atoms with Crippen molar-refractivity contribution in [2.45, 2.75) is 6.04 Å². The quantitative estimate of drug-likeness (QED) is 0.889. The molecule has 0 saturated heterocycles. The zero-order valence-electron chi connectivity index (χ0n) is 10.8. The van der Waals surface area contributed by atoms with Crippen molar-refractivity contribution in [1.29, 1.82) is 0 Å². The normalized spacial score (nSPS) is 12.2. The summed E-state index contributed by atoms with van der Waals surface area (Å²) in [7, 11) is 5.14. The fraction of sp³-hybridized carbons (Fsp3) is 0.308. The van der Waals surface area contributed by atoms with E-state index in [9.17, 15) is 0 Å². The SMILES string of the molecule is COc1ccc(C(N)c2cn(C)cn2)c(OC)c1. The van der Waals surface area contributed by atoms with E-state index in [0.29, 0.717) is 5.75 Å². The van der Waals surface area contributed by atoms with Gasteiger partial charge in [0.2, 0.25) is 0 Å². The Balaban J connectivity index is 2.38. The zero-order valence-corrected chi connectivity index (χ0v) is 10.8. The molecular formula is C13H17N3O2. The standard InChI is InChI=1S/C13H17N3O2/c1-16-7-11(15-8-16)13(14)10-5-4-9(17-2)6-12(10)18-3/h4-8,13H,14H2,1-3H3. The monoisotopic (exact) mass is 247 g/mol. The largest absolute Gasteiger partial charge is 0.497 e. The van der Waals surface area contributed by atoms with Crippen LogP contribution < -0.4 is 15.2 Å². The van der Waals surface area contributed by atoms with E-state index in [1.807, 2.05) is 36.0 Å². The van der Waals surface area contributed by atoms with Crippen LogP contribution in [0.25, 0.3) is 0 Å². The second-order valence-electron chi connectivity index (χ2n) is 4.05. The molecule has 2 rings (SSSR count). The van der Waals surface area contributed by atoms with Crippen molar-refractivity contribution < 1.29 is 9.47 Å². The van der Waals surface area contributed by atoms with Crippen molar-refractivity contribution in [2.24, 2.45) is 12.8 Å². The Morgan fingerprint density at radius 1 is 1.28 bits per heavy atom. The lowest BCUT2D eigenvalue weighted by molar-refractivity contribution is 0.389. The van der Waals surface area contributed by atoms with Crippen LogP contribution in [0.5, 0.6) is 11.5 Å². The van der Waals surface area contributed by atoms with E-state index >= 15 is 0 Å². The molecule has 18 heavy (non-hydrogen) atoms. The third kappa shape index (κ3) is 2.31. The van der Waals surface area contributed by atoms with Crippen LogP contribution in [0.1, 0.15) is 17.3 Å². The average Bonchev–Trinajstić information content (AvgIpc) is 2.83. The highest BCUT2D eigenvalue weighted by molar-refractivity contribution is 5.44. The Kier molecular flexibility index (Phi) is 3.53. The maximum Gasteiger partial charge on any atom is 0.127 e. The van der Waals surface area contributed by atoms with E-state index in [-0.39, 0.29) is 6.04 Å². The molecule has 5 heteroatoms. The third-order valence-corrected chi connectivity index (χ3v) is 2.82. The van der Waals surface area contributed by atoms with E-state index in [0.717, 1.165) is 17.0 Å². The van der Waals surface area contributed by atoms with Gasteiger partial charge in [0.25, 0.3) is 0 Å². The van der Waals surface area contributed by atoms with Crippen molar-refractivity contribution >= 4 is 0 Å². The highest BCUT2D eigenvalue weighted by Crippen LogP contribution is 2.30. The summed E-state index contributed by atoms with van der Waals surface area (Å²) in [4.78, 5) is 4.26. The third-order valence-electron chi connectivity index (χ3n) is 2.82. The van der Waals surface area contributed by atoms with Gasteiger partial charge in [0.15, 0.2) is 0 Å². The molecule has 96 valence electrons. The number of imidazole rings is 1. The fourth-order valence-electron chi connectivity index (χ4n) is 1.83. The second-order valence-corrected chi connectivity index (χ2v) is 4.05. The summed E-state index contributed by atoms with van der Waals surface area (Å²) in [5, 5.41) is 0. The lowest BCUT2D eigenvalue weighted by Crippen LogP contribution is -2.13. The molecular weight excluding hydrogens is 230 g/mol. The summed E-state index contributed by atoms with van der Waals surface area (Å²) in [5.74, 6) is 1.44. The summed E-state index contributed by atoms with van der Waals surface area (Å²) in [5.41, 5.74) is 7.89. The topological polar surface area (TPSA) is 62.3 Å². The number of ether oxygens (including phenoxy) is 2. The molecule has 2 aromatic rings. The molecule has 1 unspecified atom stereocenters. The number of methoxy groups -OCH3 is 2. The minimum atomic E-state index is -0.313. The molecule has 0 aliphatic heterocycles. The lowest BCUT2D eigenvalue weighted by Gasteiger charge is -2.14. The van der Waals surface area contributed by atoms with Gasteiger partial charge in [-0.15, -0.1) is 0 Å². The van der Waals surface area contributed by atoms with Crippen LogP contribution in [0.4, 0.5) is 0 Å². The highest BCUT2D eigenvalue weighted by Gasteiger charge is 2.16. The first-order valence-electron chi connectivity index (χ1n) is 5.61. The van der Waals surface area contributed by atoms with Gasteiger partial charge in [-0.3, -0.25) is 0 Å². The number of hydrogen-bond donors (Lipinski definition) is 1. The fourth-order valence-corrected chi connectivity index (χ4v) is 1.83. The van der Waals surface area contributed by atoms with Crippen LogP contribution in [-0.2, 0) is 7.05 Å². The van der Waals surface area contributed by atoms with Crippen molar-refractivity contribution in [3.8, 4) is 11.5 Å². The molecule has 5 nitrogen and oxygen atoms in total. The van der Waals surface area contributed by atoms with Crippen LogP contribution in [0.3, 0.4) is 0 Å². The number of benzene rings is 1. The molecule has 1 atom stereocenters. The van der Waals surface area contributed by atoms with Gasteiger partial charge in [-0.05, 0) is 12.1 Å². The minimum absolute atomic E-state index is 0.313. The van der Waals surface area contributed by atoms with Gasteiger partial charge in [-0.25, -0.2) is 4.98 Å². The summed E-state index contributed by atoms with van der Waals surface area (Å²) >= 11 is 0. The Morgan fingerprint density at radius 2 is 2.06 bits per heavy atom. The average molecular weight is 247 g/mol. The van der Waals surface area contributed by atoms with E-state index in [4.69, 9.17) is 15.2 Å². The highest BCUT2D eigenvalue weighted by atomic mass is 16.5. The second kappa shape index (κ2) is 5.10. The number of aryl methyl sites for hydroxylation is 1. The van der Waals surface area contributed by atoms with E-state index in [1.54, 1.807) is 20.5 Å². The molecule has 0 spiro atoms. The Bertz CT molecular complexity index is 537. The smallest absolute Gasteiger partial charge is 0.127 e. The van der Waals surface area contributed by atoms with Crippen LogP contribution >= 0.6 is 0 Å². The van der Waals surface area contributed by atoms with Crippen LogP contribution in [0.15, 0.2) is 30.7 Å². The van der Waals surface area contributed by atoms with E-state index < -0.39 is 0 Å². The maximum atomic E-state index is 6.20. The van der Waals surface area contributed by atoms with Crippen molar-refractivity contribution in [1.82, 2.24) is 9.55 Å². The first-order chi connectivity index (χ1) is 8.65. The zero-order chi connectivity index (χ0) is 13.1. The van der Waals surface area contributed by atoms with Gasteiger partial charge in [0, 0.05) is 24.9 Å². The number of nitrogens with zero attached hydrogens (tertiary/aromatic N) is 2. The molecule has 0 amide bonds. The van der Waals surface area contributed by atoms with Crippen molar-refractivity contribution in [3.05, 3.63) is 42.0 Å². The predicted molar refractivity (Wildman–Crippen MR) is 68.8 cm³/mol. The molecule has 0 radical (unpaired) electrons. The molecule has 1 aromatic heterocycles. The van der Waals surface area contributed by atoms with Gasteiger partial charge in [-0.1, -0.05) is 0 Å². The minimum Gasteiger partial charge on any atom is -0.497 e. The first-order valence-corrected chi connectivity index (χ1v) is 5.61. The van der Waals surface area contributed by atoms with E-state index in [1.165, 1.54) is 0 Å². The molecule has 1 heterocycles. The summed E-state index contributed by atoms with van der Waals surface area (Å²) < 4.78 is 12.4. The maximum absolute atomic E-state index is 6.20. The summed E-state index contributed by atoms with van der Waals surface area (Å²) in [6.07, 6.45) is 3.62. The number of rotatable bonds is 4. The molecule has 0 bridgehead atoms. The number of nitrogens with two attached hydrogens (primary N) is 1. The first kappa shape index (κ1) is 12.4. The van der Waals surface area contributed by atoms with Crippen LogP contribution in [0, 0.1) is 0 Å². The predicted octanol–water partition coefficient (Wildman–Crippen LogP) is 1.49. The van der Waals surface area contributed by atoms with Gasteiger partial charge < -0.3 is 19.8 Å². The van der Waals surface area contributed by atoms with Crippen molar-refractivity contribution in [3.63, 3.8) is 0 Å². The van der Waals surface area contributed by atoms with Crippen molar-refractivity contribution in [2.75, 3.05) is 14.2 Å². The Labute approximate surface area is 106 Å². The summed E-state index contributed by atoms with van der Waals surface area (Å²) in [6, 6.07) is 5.27. The molecule has 0 saturated carbocycles. The van der Waals surface area contributed by atoms with Gasteiger partial charge >= 0.3 is 0 Å². The van der Waals surface area contributed by atoms with E-state index in [2.05, 4.69) is 4.98 Å². The van der Waals surface area contributed by atoms with Crippen LogP contribution in [-0.4, -0.2) is 23.8 Å².